The van der Waals surface area contributed by atoms with Crippen LogP contribution in [0.25, 0.3) is 5.69 Å². The molecule has 1 heterocycles. The molecule has 0 amide bonds. The predicted octanol–water partition coefficient (Wildman–Crippen LogP) is 2.78. The summed E-state index contributed by atoms with van der Waals surface area (Å²) in [6.07, 6.45) is 0. The smallest absolute Gasteiger partial charge is 0.368 e. The number of aryl methyl sites for hydroxylation is 1. The van der Waals surface area contributed by atoms with Crippen molar-refractivity contribution < 1.29 is 9.84 Å². The molecule has 0 aliphatic heterocycles. The first kappa shape index (κ1) is 16.7. The number of hydrogen-bond acceptors (Lipinski definition) is 5. The lowest BCUT2D eigenvalue weighted by Crippen LogP contribution is -2.23. The number of tetrazole rings is 1. The van der Waals surface area contributed by atoms with E-state index in [0.29, 0.717) is 15.9 Å². The summed E-state index contributed by atoms with van der Waals surface area (Å²) in [5.41, 5.74) is 0.984. The number of ether oxygens (including phenoxy) is 1. The number of hydrogen-bond donors (Lipinski definition) is 1. The van der Waals surface area contributed by atoms with Gasteiger partial charge in [-0.3, -0.25) is 0 Å². The van der Waals surface area contributed by atoms with E-state index in [2.05, 4.69) is 42.3 Å². The van der Waals surface area contributed by atoms with Crippen molar-refractivity contribution in [3.05, 3.63) is 61.4 Å². The number of aromatic nitrogens is 4. The number of phenols is 1. The maximum atomic E-state index is 12.1. The van der Waals surface area contributed by atoms with Crippen molar-refractivity contribution in [3.8, 4) is 17.2 Å². The average Bonchev–Trinajstić information content (AvgIpc) is 2.87. The molecule has 0 fully saturated rings. The SMILES string of the molecule is Cn1nnn(-c2cccc(Br)c2COc2ccc(O)cc2Br)c1=O. The molecule has 7 nitrogen and oxygen atoms in total. The van der Waals surface area contributed by atoms with Gasteiger partial charge in [-0.1, -0.05) is 22.0 Å². The van der Waals surface area contributed by atoms with Gasteiger partial charge in [-0.2, -0.15) is 9.36 Å². The lowest BCUT2D eigenvalue weighted by molar-refractivity contribution is 0.302. The van der Waals surface area contributed by atoms with E-state index in [1.54, 1.807) is 24.3 Å². The minimum absolute atomic E-state index is 0.141. The maximum absolute atomic E-state index is 12.1. The van der Waals surface area contributed by atoms with Crippen molar-refractivity contribution >= 4 is 31.9 Å². The Morgan fingerprint density at radius 3 is 2.62 bits per heavy atom. The van der Waals surface area contributed by atoms with Crippen LogP contribution in [-0.2, 0) is 13.7 Å². The zero-order valence-electron chi connectivity index (χ0n) is 12.5. The molecule has 124 valence electrons. The van der Waals surface area contributed by atoms with Gasteiger partial charge in [0, 0.05) is 17.1 Å². The summed E-state index contributed by atoms with van der Waals surface area (Å²) < 4.78 is 9.60. The summed E-state index contributed by atoms with van der Waals surface area (Å²) in [5, 5.41) is 17.0. The number of halogens is 2. The molecule has 3 aromatic rings. The molecule has 0 radical (unpaired) electrons. The van der Waals surface area contributed by atoms with Crippen LogP contribution in [0.2, 0.25) is 0 Å². The Kier molecular flexibility index (Phi) is 4.72. The highest BCUT2D eigenvalue weighted by Gasteiger charge is 2.14. The van der Waals surface area contributed by atoms with E-state index in [0.717, 1.165) is 14.7 Å². The first-order valence-electron chi connectivity index (χ1n) is 6.85. The topological polar surface area (TPSA) is 82.2 Å². The van der Waals surface area contributed by atoms with E-state index in [9.17, 15) is 9.90 Å². The summed E-state index contributed by atoms with van der Waals surface area (Å²) in [6, 6.07) is 10.2. The number of aromatic hydroxyl groups is 1. The number of phenolic OH excluding ortho intramolecular Hbond substituents is 1. The van der Waals surface area contributed by atoms with Gasteiger partial charge in [-0.05, 0) is 56.7 Å². The molecule has 1 N–H and O–H groups in total. The van der Waals surface area contributed by atoms with Crippen molar-refractivity contribution in [3.63, 3.8) is 0 Å². The van der Waals surface area contributed by atoms with Crippen molar-refractivity contribution in [2.24, 2.45) is 7.05 Å². The Morgan fingerprint density at radius 2 is 1.96 bits per heavy atom. The van der Waals surface area contributed by atoms with Gasteiger partial charge in [0.25, 0.3) is 0 Å². The third-order valence-corrected chi connectivity index (χ3v) is 4.69. The standard InChI is InChI=1S/C15H12Br2N4O3/c1-20-15(23)21(19-18-20)13-4-2-3-11(16)10(13)8-24-14-6-5-9(22)7-12(14)17/h2-7,22H,8H2,1H3. The molecular formula is C15H12Br2N4O3. The van der Waals surface area contributed by atoms with Crippen molar-refractivity contribution in [2.75, 3.05) is 0 Å². The summed E-state index contributed by atoms with van der Waals surface area (Å²) in [4.78, 5) is 12.1. The van der Waals surface area contributed by atoms with E-state index >= 15 is 0 Å². The van der Waals surface area contributed by atoms with Gasteiger partial charge in [0.1, 0.15) is 18.1 Å². The van der Waals surface area contributed by atoms with E-state index in [-0.39, 0.29) is 18.0 Å². The second-order valence-electron chi connectivity index (χ2n) is 4.94. The third-order valence-electron chi connectivity index (χ3n) is 3.33. The molecule has 0 saturated heterocycles. The van der Waals surface area contributed by atoms with Crippen LogP contribution in [0.5, 0.6) is 11.5 Å². The largest absolute Gasteiger partial charge is 0.508 e. The monoisotopic (exact) mass is 454 g/mol. The molecule has 24 heavy (non-hydrogen) atoms. The molecule has 0 aliphatic rings. The van der Waals surface area contributed by atoms with E-state index in [4.69, 9.17) is 4.74 Å². The minimum Gasteiger partial charge on any atom is -0.508 e. The van der Waals surface area contributed by atoms with Gasteiger partial charge in [-0.25, -0.2) is 4.79 Å². The summed E-state index contributed by atoms with van der Waals surface area (Å²) in [5.74, 6) is 0.711. The van der Waals surface area contributed by atoms with Crippen LogP contribution in [0.1, 0.15) is 5.56 Å². The van der Waals surface area contributed by atoms with Crippen LogP contribution < -0.4 is 10.4 Å². The number of benzene rings is 2. The lowest BCUT2D eigenvalue weighted by atomic mass is 10.2. The lowest BCUT2D eigenvalue weighted by Gasteiger charge is -2.13. The van der Waals surface area contributed by atoms with Crippen LogP contribution in [-0.4, -0.2) is 24.9 Å². The van der Waals surface area contributed by atoms with Crippen molar-refractivity contribution in [1.29, 1.82) is 0 Å². The third kappa shape index (κ3) is 3.22. The second kappa shape index (κ2) is 6.78. The van der Waals surface area contributed by atoms with Crippen LogP contribution in [0.15, 0.2) is 50.1 Å². The normalized spacial score (nSPS) is 10.8. The van der Waals surface area contributed by atoms with Gasteiger partial charge in [0.15, 0.2) is 0 Å². The van der Waals surface area contributed by atoms with Crippen LogP contribution in [0, 0.1) is 0 Å². The zero-order chi connectivity index (χ0) is 17.3. The van der Waals surface area contributed by atoms with Gasteiger partial charge in [0.2, 0.25) is 0 Å². The fraction of sp³-hybridized carbons (Fsp3) is 0.133. The first-order valence-corrected chi connectivity index (χ1v) is 8.44. The fourth-order valence-corrected chi connectivity index (χ4v) is 3.06. The first-order chi connectivity index (χ1) is 11.5. The Balaban J connectivity index is 1.96. The quantitative estimate of drug-likeness (QED) is 0.654. The minimum atomic E-state index is -0.347. The summed E-state index contributed by atoms with van der Waals surface area (Å²) in [7, 11) is 1.54. The van der Waals surface area contributed by atoms with E-state index < -0.39 is 0 Å². The Bertz CT molecular complexity index is 952. The molecule has 0 unspecified atom stereocenters. The molecule has 1 aromatic heterocycles. The number of nitrogens with zero attached hydrogens (tertiary/aromatic N) is 4. The zero-order valence-corrected chi connectivity index (χ0v) is 15.7. The maximum Gasteiger partial charge on any atom is 0.368 e. The summed E-state index contributed by atoms with van der Waals surface area (Å²) >= 11 is 6.82. The van der Waals surface area contributed by atoms with Crippen LogP contribution in [0.3, 0.4) is 0 Å². The number of rotatable bonds is 4. The average molecular weight is 456 g/mol. The molecule has 0 saturated carbocycles. The van der Waals surface area contributed by atoms with Gasteiger partial charge in [-0.15, -0.1) is 0 Å². The highest BCUT2D eigenvalue weighted by atomic mass is 79.9. The van der Waals surface area contributed by atoms with Crippen LogP contribution in [0.4, 0.5) is 0 Å². The summed E-state index contributed by atoms with van der Waals surface area (Å²) in [6.45, 7) is 0.198. The van der Waals surface area contributed by atoms with Crippen LogP contribution >= 0.6 is 31.9 Å². The molecule has 3 rings (SSSR count). The second-order valence-corrected chi connectivity index (χ2v) is 6.65. The fourth-order valence-electron chi connectivity index (χ4n) is 2.11. The van der Waals surface area contributed by atoms with Crippen molar-refractivity contribution in [1.82, 2.24) is 19.8 Å². The molecule has 0 aliphatic carbocycles. The molecule has 9 heteroatoms. The molecule has 0 spiro atoms. The van der Waals surface area contributed by atoms with Gasteiger partial charge < -0.3 is 9.84 Å². The molecule has 0 atom stereocenters. The Morgan fingerprint density at radius 1 is 1.17 bits per heavy atom. The van der Waals surface area contributed by atoms with E-state index in [1.165, 1.54) is 17.8 Å². The molecular weight excluding hydrogens is 444 g/mol. The molecule has 2 aromatic carbocycles. The Labute approximate surface area is 153 Å². The highest BCUT2D eigenvalue weighted by Crippen LogP contribution is 2.31. The molecule has 0 bridgehead atoms. The van der Waals surface area contributed by atoms with Gasteiger partial charge in [0.05, 0.1) is 10.2 Å². The Hall–Kier alpha value is -2.13. The predicted molar refractivity (Wildman–Crippen MR) is 94.4 cm³/mol. The highest BCUT2D eigenvalue weighted by molar-refractivity contribution is 9.10. The van der Waals surface area contributed by atoms with E-state index in [1.807, 2.05) is 6.07 Å². The van der Waals surface area contributed by atoms with Crippen molar-refractivity contribution in [2.45, 2.75) is 6.61 Å². The van der Waals surface area contributed by atoms with Gasteiger partial charge >= 0.3 is 5.69 Å².